The van der Waals surface area contributed by atoms with Gasteiger partial charge in [0.2, 0.25) is 0 Å². The Kier molecular flexibility index (Phi) is 7.53. The molecule has 2 aromatic heterocycles. The molecule has 262 valence electrons. The van der Waals surface area contributed by atoms with E-state index in [1.807, 2.05) is 0 Å². The monoisotopic (exact) mass is 712 g/mol. The van der Waals surface area contributed by atoms with Crippen LogP contribution in [0.2, 0.25) is 0 Å². The zero-order chi connectivity index (χ0) is 37.0. The summed E-state index contributed by atoms with van der Waals surface area (Å²) < 4.78 is 4.85. The molecule has 11 aromatic rings. The lowest BCUT2D eigenvalue weighted by Gasteiger charge is -2.12. The first kappa shape index (κ1) is 32.0. The van der Waals surface area contributed by atoms with Crippen molar-refractivity contribution in [3.05, 3.63) is 218 Å². The Labute approximate surface area is 325 Å². The number of hydrogen-bond acceptors (Lipinski definition) is 0. The van der Waals surface area contributed by atoms with Gasteiger partial charge in [0.1, 0.15) is 0 Å². The summed E-state index contributed by atoms with van der Waals surface area (Å²) in [4.78, 5) is 0. The number of nitrogens with zero attached hydrogens (tertiary/aromatic N) is 2. The molecule has 0 spiro atoms. The maximum atomic E-state index is 2.43. The third kappa shape index (κ3) is 5.34. The van der Waals surface area contributed by atoms with Crippen molar-refractivity contribution in [2.45, 2.75) is 0 Å². The second-order valence-electron chi connectivity index (χ2n) is 14.6. The molecule has 0 radical (unpaired) electrons. The molecule has 0 aliphatic carbocycles. The van der Waals surface area contributed by atoms with Crippen molar-refractivity contribution in [2.24, 2.45) is 0 Å². The first-order valence-electron chi connectivity index (χ1n) is 19.3. The van der Waals surface area contributed by atoms with Gasteiger partial charge in [-0.3, -0.25) is 0 Å². The molecular weight excluding hydrogens is 677 g/mol. The SMILES string of the molecule is c1ccc(-c2cccc(-n3c4ccc(-c5ccccc5)cc4c4cc(-c5ccc6c7ccccc7n(-c7cccc(-c8ccccc8)c7)c6c5)ccc43)c2)cc1. The molecular formula is C54H36N2. The largest absolute Gasteiger partial charge is 0.309 e. The van der Waals surface area contributed by atoms with Crippen molar-refractivity contribution in [2.75, 3.05) is 0 Å². The lowest BCUT2D eigenvalue weighted by atomic mass is 9.99. The zero-order valence-electron chi connectivity index (χ0n) is 30.7. The van der Waals surface area contributed by atoms with Crippen LogP contribution in [-0.2, 0) is 0 Å². The molecule has 9 aromatic carbocycles. The van der Waals surface area contributed by atoms with Crippen LogP contribution in [0.3, 0.4) is 0 Å². The summed E-state index contributed by atoms with van der Waals surface area (Å²) in [5.74, 6) is 0. The van der Waals surface area contributed by atoms with Gasteiger partial charge in [0, 0.05) is 32.9 Å². The number of fused-ring (bicyclic) bond motifs is 6. The van der Waals surface area contributed by atoms with Gasteiger partial charge in [-0.25, -0.2) is 0 Å². The van der Waals surface area contributed by atoms with Crippen molar-refractivity contribution in [3.63, 3.8) is 0 Å². The molecule has 2 heteroatoms. The van der Waals surface area contributed by atoms with Crippen molar-refractivity contribution >= 4 is 43.6 Å². The quantitative estimate of drug-likeness (QED) is 0.162. The lowest BCUT2D eigenvalue weighted by molar-refractivity contribution is 1.18. The third-order valence-electron chi connectivity index (χ3n) is 11.3. The fraction of sp³-hybridized carbons (Fsp3) is 0. The van der Waals surface area contributed by atoms with Gasteiger partial charge in [0.15, 0.2) is 0 Å². The highest BCUT2D eigenvalue weighted by atomic mass is 15.0. The molecule has 0 aliphatic heterocycles. The first-order valence-corrected chi connectivity index (χ1v) is 19.3. The fourth-order valence-corrected chi connectivity index (χ4v) is 8.63. The van der Waals surface area contributed by atoms with E-state index in [1.165, 1.54) is 88.1 Å². The Morgan fingerprint density at radius 3 is 1.12 bits per heavy atom. The predicted molar refractivity (Wildman–Crippen MR) is 237 cm³/mol. The van der Waals surface area contributed by atoms with Crippen LogP contribution in [0.25, 0.3) is 99.5 Å². The Morgan fingerprint density at radius 2 is 0.571 bits per heavy atom. The van der Waals surface area contributed by atoms with E-state index in [2.05, 4.69) is 228 Å². The van der Waals surface area contributed by atoms with Crippen LogP contribution in [0.4, 0.5) is 0 Å². The summed E-state index contributed by atoms with van der Waals surface area (Å²) >= 11 is 0. The molecule has 0 aliphatic rings. The van der Waals surface area contributed by atoms with Crippen LogP contribution in [0.1, 0.15) is 0 Å². The standard InChI is InChI=1S/C54H36N2/c1-4-14-37(15-5-1)40-20-12-22-45(32-40)55-52-30-27-42(39-18-8-3-9-19-39)34-49(52)50-35-43(28-31-53(50)55)44-26-29-48-47-24-10-11-25-51(47)56(54(48)36-44)46-23-13-21-41(33-46)38-16-6-2-7-17-38/h1-36H. The van der Waals surface area contributed by atoms with Crippen molar-refractivity contribution in [1.29, 1.82) is 0 Å². The van der Waals surface area contributed by atoms with Crippen LogP contribution in [-0.4, -0.2) is 9.13 Å². The molecule has 2 heterocycles. The third-order valence-corrected chi connectivity index (χ3v) is 11.3. The Bertz CT molecular complexity index is 3220. The van der Waals surface area contributed by atoms with Gasteiger partial charge in [-0.2, -0.15) is 0 Å². The van der Waals surface area contributed by atoms with Crippen molar-refractivity contribution < 1.29 is 0 Å². The highest BCUT2D eigenvalue weighted by Gasteiger charge is 2.17. The van der Waals surface area contributed by atoms with E-state index in [1.54, 1.807) is 0 Å². The minimum Gasteiger partial charge on any atom is -0.309 e. The van der Waals surface area contributed by atoms with E-state index in [9.17, 15) is 0 Å². The second kappa shape index (κ2) is 13.2. The Hall–Kier alpha value is -7.42. The zero-order valence-corrected chi connectivity index (χ0v) is 30.7. The number of hydrogen-bond donors (Lipinski definition) is 0. The first-order chi connectivity index (χ1) is 27.8. The molecule has 0 saturated carbocycles. The number of para-hydroxylation sites is 1. The van der Waals surface area contributed by atoms with Gasteiger partial charge in [-0.1, -0.05) is 158 Å². The van der Waals surface area contributed by atoms with Crippen LogP contribution in [0.5, 0.6) is 0 Å². The molecule has 56 heavy (non-hydrogen) atoms. The minimum absolute atomic E-state index is 1.15. The minimum atomic E-state index is 1.15. The summed E-state index contributed by atoms with van der Waals surface area (Å²) in [6, 6.07) is 79.5. The van der Waals surface area contributed by atoms with Gasteiger partial charge in [-0.15, -0.1) is 0 Å². The molecule has 0 N–H and O–H groups in total. The number of benzene rings is 9. The van der Waals surface area contributed by atoms with E-state index in [4.69, 9.17) is 0 Å². The molecule has 2 nitrogen and oxygen atoms in total. The lowest BCUT2D eigenvalue weighted by Crippen LogP contribution is -1.95. The predicted octanol–water partition coefficient (Wildman–Crippen LogP) is 14.5. The highest BCUT2D eigenvalue weighted by Crippen LogP contribution is 2.40. The molecule has 0 atom stereocenters. The average Bonchev–Trinajstić information content (AvgIpc) is 3.79. The van der Waals surface area contributed by atoms with E-state index >= 15 is 0 Å². The number of aromatic nitrogens is 2. The highest BCUT2D eigenvalue weighted by molar-refractivity contribution is 6.13. The second-order valence-corrected chi connectivity index (χ2v) is 14.6. The Balaban J connectivity index is 1.11. The summed E-state index contributed by atoms with van der Waals surface area (Å²) in [6.45, 7) is 0. The summed E-state index contributed by atoms with van der Waals surface area (Å²) in [6.07, 6.45) is 0. The summed E-state index contributed by atoms with van der Waals surface area (Å²) in [7, 11) is 0. The van der Waals surface area contributed by atoms with Crippen LogP contribution < -0.4 is 0 Å². The van der Waals surface area contributed by atoms with Crippen LogP contribution in [0, 0.1) is 0 Å². The maximum Gasteiger partial charge on any atom is 0.0547 e. The van der Waals surface area contributed by atoms with Gasteiger partial charge < -0.3 is 9.13 Å². The van der Waals surface area contributed by atoms with Crippen LogP contribution >= 0.6 is 0 Å². The van der Waals surface area contributed by atoms with Gasteiger partial charge in [0.05, 0.1) is 22.1 Å². The fourth-order valence-electron chi connectivity index (χ4n) is 8.63. The molecule has 11 rings (SSSR count). The number of rotatable bonds is 6. The molecule has 0 amide bonds. The van der Waals surface area contributed by atoms with Crippen LogP contribution in [0.15, 0.2) is 218 Å². The average molecular weight is 713 g/mol. The Morgan fingerprint density at radius 1 is 0.196 bits per heavy atom. The molecule has 0 fully saturated rings. The van der Waals surface area contributed by atoms with E-state index in [0.29, 0.717) is 0 Å². The smallest absolute Gasteiger partial charge is 0.0547 e. The molecule has 0 unspecified atom stereocenters. The molecule has 0 bridgehead atoms. The van der Waals surface area contributed by atoms with Gasteiger partial charge in [-0.05, 0) is 105 Å². The summed E-state index contributed by atoms with van der Waals surface area (Å²) in [5.41, 5.74) is 16.7. The van der Waals surface area contributed by atoms with Crippen molar-refractivity contribution in [1.82, 2.24) is 9.13 Å². The molecule has 0 saturated heterocycles. The van der Waals surface area contributed by atoms with E-state index in [-0.39, 0.29) is 0 Å². The summed E-state index contributed by atoms with van der Waals surface area (Å²) in [5, 5.41) is 4.97. The maximum absolute atomic E-state index is 2.43. The van der Waals surface area contributed by atoms with Crippen molar-refractivity contribution in [3.8, 4) is 55.9 Å². The normalized spacial score (nSPS) is 11.6. The van der Waals surface area contributed by atoms with E-state index in [0.717, 1.165) is 11.4 Å². The van der Waals surface area contributed by atoms with Gasteiger partial charge in [0.25, 0.3) is 0 Å². The topological polar surface area (TPSA) is 9.86 Å². The van der Waals surface area contributed by atoms with E-state index < -0.39 is 0 Å². The van der Waals surface area contributed by atoms with Gasteiger partial charge >= 0.3 is 0 Å².